The van der Waals surface area contributed by atoms with Crippen molar-refractivity contribution in [3.8, 4) is 6.07 Å². The molecule has 10 aromatic rings. The normalized spacial score (nSPS) is 9.16. The van der Waals surface area contributed by atoms with E-state index in [4.69, 9.17) is 16.9 Å². The maximum absolute atomic E-state index is 12.3. The maximum atomic E-state index is 12.3. The summed E-state index contributed by atoms with van der Waals surface area (Å²) in [6.45, 7) is 20.1. The summed E-state index contributed by atoms with van der Waals surface area (Å²) < 4.78 is 84.8. The molecule has 19 heteroatoms. The van der Waals surface area contributed by atoms with Gasteiger partial charge in [0.1, 0.15) is 23.5 Å². The van der Waals surface area contributed by atoms with E-state index in [9.17, 15) is 30.7 Å². The summed E-state index contributed by atoms with van der Waals surface area (Å²) in [5.41, 5.74) is 9.95. The SMILES string of the molecule is Cc1ccc(C#N)cn1.Cc1ccc(C)nc1.Cc1ccc(Cl)cn1.Cc1ccc(F)cn1.Cc1ccc(F)nc1.Cc1cccc(F)n1.Cc1cccnc1F.Cc1ccnc(F)c1.Cc1ccncc1F.Cc1ncccc1F. The van der Waals surface area contributed by atoms with Crippen LogP contribution in [0.2, 0.25) is 5.02 Å². The molecule has 0 saturated heterocycles. The fourth-order valence-electron chi connectivity index (χ4n) is 4.81. The van der Waals surface area contributed by atoms with E-state index in [0.717, 1.165) is 33.9 Å². The van der Waals surface area contributed by atoms with E-state index in [1.165, 1.54) is 66.9 Å². The first-order chi connectivity index (χ1) is 38.5. The molecular formula is C62H63ClF7N11. The predicted molar refractivity (Wildman–Crippen MR) is 304 cm³/mol. The third-order valence-corrected chi connectivity index (χ3v) is 9.55. The second kappa shape index (κ2) is 40.9. The molecule has 0 spiro atoms. The number of rotatable bonds is 0. The molecule has 81 heavy (non-hydrogen) atoms. The molecule has 0 atom stereocenters. The Morgan fingerprint density at radius 1 is 0.383 bits per heavy atom. The highest BCUT2D eigenvalue weighted by Crippen LogP contribution is 2.05. The van der Waals surface area contributed by atoms with Crippen molar-refractivity contribution in [2.45, 2.75) is 76.2 Å². The summed E-state index contributed by atoms with van der Waals surface area (Å²) in [6, 6.07) is 35.2. The summed E-state index contributed by atoms with van der Waals surface area (Å²) in [5, 5.41) is 9.03. The second-order valence-electron chi connectivity index (χ2n) is 16.7. The quantitative estimate of drug-likeness (QED) is 0.105. The van der Waals surface area contributed by atoms with Gasteiger partial charge in [-0.05, 0) is 195 Å². The second-order valence-corrected chi connectivity index (χ2v) is 17.2. The lowest BCUT2D eigenvalue weighted by atomic mass is 10.3. The van der Waals surface area contributed by atoms with Crippen LogP contribution in [-0.4, -0.2) is 49.8 Å². The van der Waals surface area contributed by atoms with Crippen molar-refractivity contribution in [3.05, 3.63) is 297 Å². The number of hydrogen-bond acceptors (Lipinski definition) is 11. The average molecular weight is 1130 g/mol. The van der Waals surface area contributed by atoms with Crippen LogP contribution in [0.1, 0.15) is 67.5 Å². The molecule has 0 radical (unpaired) electrons. The van der Waals surface area contributed by atoms with Crippen LogP contribution in [-0.2, 0) is 0 Å². The summed E-state index contributed by atoms with van der Waals surface area (Å²) in [4.78, 5) is 36.6. The first-order valence-corrected chi connectivity index (χ1v) is 24.7. The number of nitriles is 1. The van der Waals surface area contributed by atoms with Crippen LogP contribution < -0.4 is 0 Å². The summed E-state index contributed by atoms with van der Waals surface area (Å²) in [5.74, 6) is -2.39. The summed E-state index contributed by atoms with van der Waals surface area (Å²) in [7, 11) is 0. The summed E-state index contributed by atoms with van der Waals surface area (Å²) in [6.07, 6.45) is 15.0. The molecule has 0 fully saturated rings. The largest absolute Gasteiger partial charge is 0.262 e. The number of pyridine rings is 10. The van der Waals surface area contributed by atoms with Crippen molar-refractivity contribution in [2.24, 2.45) is 0 Å². The number of nitrogens with zero attached hydrogens (tertiary/aromatic N) is 11. The van der Waals surface area contributed by atoms with Crippen molar-refractivity contribution < 1.29 is 30.7 Å². The minimum absolute atomic E-state index is 0.243. The number of aromatic nitrogens is 10. The van der Waals surface area contributed by atoms with Crippen LogP contribution in [0.3, 0.4) is 0 Å². The van der Waals surface area contributed by atoms with Gasteiger partial charge in [-0.3, -0.25) is 29.9 Å². The van der Waals surface area contributed by atoms with E-state index < -0.39 is 17.8 Å². The minimum atomic E-state index is -0.421. The molecule has 10 heterocycles. The molecular weight excluding hydrogens is 1070 g/mol. The monoisotopic (exact) mass is 1130 g/mol. The Labute approximate surface area is 474 Å². The van der Waals surface area contributed by atoms with Crippen molar-refractivity contribution in [1.29, 1.82) is 5.26 Å². The van der Waals surface area contributed by atoms with Gasteiger partial charge in [-0.1, -0.05) is 35.9 Å². The molecule has 0 aliphatic heterocycles. The lowest BCUT2D eigenvalue weighted by molar-refractivity contribution is 0.574. The highest BCUT2D eigenvalue weighted by Gasteiger charge is 1.94. The molecule has 0 aromatic carbocycles. The fourth-order valence-corrected chi connectivity index (χ4v) is 4.92. The molecule has 0 saturated carbocycles. The van der Waals surface area contributed by atoms with Crippen LogP contribution in [0.4, 0.5) is 30.7 Å². The third-order valence-electron chi connectivity index (χ3n) is 9.33. The van der Waals surface area contributed by atoms with E-state index in [1.54, 1.807) is 113 Å². The van der Waals surface area contributed by atoms with Crippen LogP contribution in [0, 0.1) is 129 Å². The van der Waals surface area contributed by atoms with Gasteiger partial charge in [0.25, 0.3) is 0 Å². The molecule has 10 rings (SSSR count). The standard InChI is InChI=1S/C7H6N2.C7H9N.C6H6ClN.7C6H6FN/c1-6-2-3-7(4-8)5-9-6;1-6-3-4-7(2)8-5-6;1-5-2-3-6(7)4-8-5;1-5-2-3-8-4-6(5)7;1-5-2-3-6(7)4-8-5;1-5-2-3-8-6(7)4-5;1-5-2-3-6(7)8-4-5;1-5-6(7)3-2-4-8-5;1-5-3-2-4-8-6(5)7;1-5-3-2-4-6(7)8-5/h2-3,5H,1H3;3-5H,1-2H3;8*2-4H,1H3. The molecule has 0 aliphatic rings. The van der Waals surface area contributed by atoms with E-state index in [0.29, 0.717) is 33.1 Å². The minimum Gasteiger partial charge on any atom is -0.262 e. The zero-order valence-corrected chi connectivity index (χ0v) is 47.5. The van der Waals surface area contributed by atoms with Gasteiger partial charge in [0, 0.05) is 83.6 Å². The van der Waals surface area contributed by atoms with E-state index in [-0.39, 0.29) is 23.4 Å². The zero-order valence-electron chi connectivity index (χ0n) is 46.8. The van der Waals surface area contributed by atoms with Crippen LogP contribution in [0.5, 0.6) is 0 Å². The lowest BCUT2D eigenvalue weighted by Gasteiger charge is -1.89. The molecule has 10 aromatic heterocycles. The maximum Gasteiger partial charge on any atom is 0.215 e. The molecule has 422 valence electrons. The number of halogens is 8. The third kappa shape index (κ3) is 36.5. The fraction of sp³-hybridized carbons (Fsp3) is 0.177. The zero-order chi connectivity index (χ0) is 60.5. The predicted octanol–water partition coefficient (Wildman–Crippen LogP) is 15.7. The van der Waals surface area contributed by atoms with Gasteiger partial charge < -0.3 is 0 Å². The Kier molecular flexibility index (Phi) is 35.3. The van der Waals surface area contributed by atoms with E-state index in [2.05, 4.69) is 55.9 Å². The van der Waals surface area contributed by atoms with Gasteiger partial charge in [0.05, 0.1) is 28.7 Å². The smallest absolute Gasteiger partial charge is 0.215 e. The first-order valence-electron chi connectivity index (χ1n) is 24.3. The average Bonchev–Trinajstić information content (AvgIpc) is 3.44. The highest BCUT2D eigenvalue weighted by atomic mass is 35.5. The Bertz CT molecular complexity index is 2820. The molecule has 0 unspecified atom stereocenters. The molecule has 0 aliphatic carbocycles. The van der Waals surface area contributed by atoms with E-state index in [1.807, 2.05) is 85.0 Å². The van der Waals surface area contributed by atoms with Gasteiger partial charge >= 0.3 is 0 Å². The van der Waals surface area contributed by atoms with Crippen LogP contribution in [0.25, 0.3) is 0 Å². The van der Waals surface area contributed by atoms with Gasteiger partial charge in [0.2, 0.25) is 23.8 Å². The lowest BCUT2D eigenvalue weighted by Crippen LogP contribution is -1.83. The van der Waals surface area contributed by atoms with Crippen molar-refractivity contribution in [3.63, 3.8) is 0 Å². The van der Waals surface area contributed by atoms with Crippen LogP contribution >= 0.6 is 11.6 Å². The Balaban J connectivity index is 0.000000450. The van der Waals surface area contributed by atoms with Crippen molar-refractivity contribution in [1.82, 2.24) is 49.8 Å². The van der Waals surface area contributed by atoms with Gasteiger partial charge in [0.15, 0.2) is 0 Å². The Morgan fingerprint density at radius 2 is 0.963 bits per heavy atom. The first kappa shape index (κ1) is 69.8. The number of hydrogen-bond donors (Lipinski definition) is 0. The topological polar surface area (TPSA) is 153 Å². The number of aryl methyl sites for hydroxylation is 11. The summed E-state index contributed by atoms with van der Waals surface area (Å²) >= 11 is 5.55. The van der Waals surface area contributed by atoms with E-state index >= 15 is 0 Å². The molecule has 0 bridgehead atoms. The Hall–Kier alpha value is -9.21. The highest BCUT2D eigenvalue weighted by molar-refractivity contribution is 6.30. The molecule has 11 nitrogen and oxygen atoms in total. The van der Waals surface area contributed by atoms with Crippen molar-refractivity contribution in [2.75, 3.05) is 0 Å². The van der Waals surface area contributed by atoms with Gasteiger partial charge in [-0.2, -0.15) is 22.8 Å². The molecule has 0 amide bonds. The van der Waals surface area contributed by atoms with Crippen molar-refractivity contribution >= 4 is 11.6 Å². The Morgan fingerprint density at radius 3 is 1.30 bits per heavy atom. The van der Waals surface area contributed by atoms with Gasteiger partial charge in [-0.15, -0.1) is 0 Å². The molecule has 0 N–H and O–H groups in total. The van der Waals surface area contributed by atoms with Crippen LogP contribution in [0.15, 0.2) is 183 Å². The van der Waals surface area contributed by atoms with Gasteiger partial charge in [-0.25, -0.2) is 33.1 Å².